The fourth-order valence-corrected chi connectivity index (χ4v) is 1.42. The summed E-state index contributed by atoms with van der Waals surface area (Å²) in [6.07, 6.45) is 3.30. The lowest BCUT2D eigenvalue weighted by Crippen LogP contribution is -2.30. The zero-order chi connectivity index (χ0) is 14.1. The summed E-state index contributed by atoms with van der Waals surface area (Å²) in [6, 6.07) is 2.85. The van der Waals surface area contributed by atoms with Crippen LogP contribution >= 0.6 is 0 Å². The molecule has 0 aliphatic heterocycles. The normalized spacial score (nSPS) is 9.74. The molecule has 19 heavy (non-hydrogen) atoms. The van der Waals surface area contributed by atoms with Gasteiger partial charge in [-0.25, -0.2) is 9.78 Å². The number of hydrogen-bond acceptors (Lipinski definition) is 4. The molecule has 0 fully saturated rings. The third-order valence-corrected chi connectivity index (χ3v) is 2.36. The number of primary amides is 1. The number of anilines is 1. The van der Waals surface area contributed by atoms with Crippen molar-refractivity contribution < 1.29 is 14.3 Å². The molecule has 0 radical (unpaired) electrons. The molecule has 7 heteroatoms. The second-order valence-corrected chi connectivity index (χ2v) is 3.89. The summed E-state index contributed by atoms with van der Waals surface area (Å²) >= 11 is 0. The molecule has 0 atom stereocenters. The van der Waals surface area contributed by atoms with E-state index in [0.29, 0.717) is 37.4 Å². The highest BCUT2D eigenvalue weighted by atomic mass is 16.5. The number of rotatable bonds is 7. The van der Waals surface area contributed by atoms with Crippen molar-refractivity contribution in [2.75, 3.05) is 19.0 Å². The molecular weight excluding hydrogens is 248 g/mol. The number of amides is 3. The molecular formula is C12H18N4O3. The molecule has 0 spiro atoms. The summed E-state index contributed by atoms with van der Waals surface area (Å²) in [7, 11) is 1.53. The number of ether oxygens (including phenoxy) is 1. The highest BCUT2D eigenvalue weighted by Gasteiger charge is 2.03. The van der Waals surface area contributed by atoms with E-state index in [0.717, 1.165) is 0 Å². The SMILES string of the molecule is COc1ccc(NC(=O)CCCCNC(N)=O)cn1. The summed E-state index contributed by atoms with van der Waals surface area (Å²) in [5.74, 6) is 0.404. The van der Waals surface area contributed by atoms with Crippen molar-refractivity contribution in [1.82, 2.24) is 10.3 Å². The number of methoxy groups -OCH3 is 1. The number of carbonyl (C=O) groups excluding carboxylic acids is 2. The Morgan fingerprint density at radius 3 is 2.74 bits per heavy atom. The Balaban J connectivity index is 2.21. The first-order valence-corrected chi connectivity index (χ1v) is 5.95. The molecule has 4 N–H and O–H groups in total. The predicted molar refractivity (Wildman–Crippen MR) is 70.9 cm³/mol. The first-order chi connectivity index (χ1) is 9.11. The second kappa shape index (κ2) is 7.91. The number of nitrogens with two attached hydrogens (primary N) is 1. The van der Waals surface area contributed by atoms with Crippen LogP contribution in [0.5, 0.6) is 5.88 Å². The minimum atomic E-state index is -0.547. The maximum atomic E-state index is 11.6. The van der Waals surface area contributed by atoms with Gasteiger partial charge in [0.15, 0.2) is 0 Å². The van der Waals surface area contributed by atoms with Crippen molar-refractivity contribution in [2.45, 2.75) is 19.3 Å². The summed E-state index contributed by atoms with van der Waals surface area (Å²) < 4.78 is 4.92. The molecule has 104 valence electrons. The molecule has 0 aromatic carbocycles. The molecule has 1 rings (SSSR count). The average Bonchev–Trinajstić information content (AvgIpc) is 2.39. The third kappa shape index (κ3) is 6.25. The standard InChI is InChI=1S/C12H18N4O3/c1-19-11-6-5-9(8-15-11)16-10(17)4-2-3-7-14-12(13)18/h5-6,8H,2-4,7H2,1H3,(H,16,17)(H3,13,14,18). The van der Waals surface area contributed by atoms with Crippen LogP contribution in [0.2, 0.25) is 0 Å². The summed E-state index contributed by atoms with van der Waals surface area (Å²) in [5.41, 5.74) is 5.54. The third-order valence-electron chi connectivity index (χ3n) is 2.36. The fourth-order valence-electron chi connectivity index (χ4n) is 1.42. The lowest BCUT2D eigenvalue weighted by molar-refractivity contribution is -0.116. The number of pyridine rings is 1. The van der Waals surface area contributed by atoms with Gasteiger partial charge >= 0.3 is 6.03 Å². The van der Waals surface area contributed by atoms with Crippen LogP contribution in [-0.4, -0.2) is 30.6 Å². The van der Waals surface area contributed by atoms with Gasteiger partial charge in [-0.1, -0.05) is 0 Å². The smallest absolute Gasteiger partial charge is 0.312 e. The number of unbranched alkanes of at least 4 members (excludes halogenated alkanes) is 1. The summed E-state index contributed by atoms with van der Waals surface area (Å²) in [5, 5.41) is 5.19. The van der Waals surface area contributed by atoms with Gasteiger partial charge in [0.05, 0.1) is 19.0 Å². The number of nitrogens with zero attached hydrogens (tertiary/aromatic N) is 1. The van der Waals surface area contributed by atoms with Crippen LogP contribution in [0.15, 0.2) is 18.3 Å². The van der Waals surface area contributed by atoms with Gasteiger partial charge in [-0.15, -0.1) is 0 Å². The zero-order valence-electron chi connectivity index (χ0n) is 10.8. The van der Waals surface area contributed by atoms with Crippen LogP contribution in [-0.2, 0) is 4.79 Å². The van der Waals surface area contributed by atoms with Crippen molar-refractivity contribution in [1.29, 1.82) is 0 Å². The number of urea groups is 1. The lowest BCUT2D eigenvalue weighted by Gasteiger charge is -2.05. The quantitative estimate of drug-likeness (QED) is 0.636. The van der Waals surface area contributed by atoms with Gasteiger partial charge in [0, 0.05) is 19.0 Å². The molecule has 0 aliphatic carbocycles. The summed E-state index contributed by atoms with van der Waals surface area (Å²) in [6.45, 7) is 0.479. The average molecular weight is 266 g/mol. The molecule has 0 unspecified atom stereocenters. The predicted octanol–water partition coefficient (Wildman–Crippen LogP) is 0.867. The van der Waals surface area contributed by atoms with Crippen LogP contribution in [0.3, 0.4) is 0 Å². The largest absolute Gasteiger partial charge is 0.481 e. The number of aromatic nitrogens is 1. The molecule has 0 aliphatic rings. The van der Waals surface area contributed by atoms with Gasteiger partial charge in [-0.3, -0.25) is 4.79 Å². The van der Waals surface area contributed by atoms with E-state index < -0.39 is 6.03 Å². The van der Waals surface area contributed by atoms with Gasteiger partial charge in [-0.2, -0.15) is 0 Å². The van der Waals surface area contributed by atoms with E-state index in [2.05, 4.69) is 15.6 Å². The van der Waals surface area contributed by atoms with Crippen molar-refractivity contribution in [3.8, 4) is 5.88 Å². The van der Waals surface area contributed by atoms with E-state index in [9.17, 15) is 9.59 Å². The Labute approximate surface area is 111 Å². The van der Waals surface area contributed by atoms with E-state index in [1.165, 1.54) is 13.3 Å². The minimum Gasteiger partial charge on any atom is -0.481 e. The number of carbonyl (C=O) groups is 2. The van der Waals surface area contributed by atoms with Crippen LogP contribution < -0.4 is 21.1 Å². The van der Waals surface area contributed by atoms with E-state index >= 15 is 0 Å². The van der Waals surface area contributed by atoms with Crippen molar-refractivity contribution in [3.05, 3.63) is 18.3 Å². The van der Waals surface area contributed by atoms with Crippen molar-refractivity contribution in [2.24, 2.45) is 5.73 Å². The molecule has 1 aromatic heterocycles. The molecule has 0 bridgehead atoms. The Morgan fingerprint density at radius 1 is 1.37 bits per heavy atom. The van der Waals surface area contributed by atoms with Gasteiger partial charge in [-0.05, 0) is 18.9 Å². The first kappa shape index (κ1) is 14.7. The Hall–Kier alpha value is -2.31. The second-order valence-electron chi connectivity index (χ2n) is 3.89. The molecule has 0 saturated carbocycles. The molecule has 7 nitrogen and oxygen atoms in total. The maximum absolute atomic E-state index is 11.6. The Kier molecular flexibility index (Phi) is 6.14. The molecule has 1 aromatic rings. The van der Waals surface area contributed by atoms with Gasteiger partial charge < -0.3 is 21.1 Å². The van der Waals surface area contributed by atoms with Crippen LogP contribution in [0, 0.1) is 0 Å². The Bertz CT molecular complexity index is 419. The van der Waals surface area contributed by atoms with Crippen molar-refractivity contribution in [3.63, 3.8) is 0 Å². The van der Waals surface area contributed by atoms with Crippen LogP contribution in [0.1, 0.15) is 19.3 Å². The Morgan fingerprint density at radius 2 is 2.16 bits per heavy atom. The highest BCUT2D eigenvalue weighted by Crippen LogP contribution is 2.11. The monoisotopic (exact) mass is 266 g/mol. The fraction of sp³-hybridized carbons (Fsp3) is 0.417. The molecule has 3 amide bonds. The lowest BCUT2D eigenvalue weighted by atomic mass is 10.2. The van der Waals surface area contributed by atoms with Gasteiger partial charge in [0.1, 0.15) is 0 Å². The van der Waals surface area contributed by atoms with E-state index in [-0.39, 0.29) is 5.91 Å². The maximum Gasteiger partial charge on any atom is 0.312 e. The number of hydrogen-bond donors (Lipinski definition) is 3. The minimum absolute atomic E-state index is 0.0916. The first-order valence-electron chi connectivity index (χ1n) is 5.95. The van der Waals surface area contributed by atoms with Gasteiger partial charge in [0.2, 0.25) is 11.8 Å². The van der Waals surface area contributed by atoms with E-state index in [4.69, 9.17) is 10.5 Å². The van der Waals surface area contributed by atoms with E-state index in [1.54, 1.807) is 12.1 Å². The van der Waals surface area contributed by atoms with Crippen LogP contribution in [0.4, 0.5) is 10.5 Å². The zero-order valence-corrected chi connectivity index (χ0v) is 10.8. The topological polar surface area (TPSA) is 106 Å². The van der Waals surface area contributed by atoms with E-state index in [1.807, 2.05) is 0 Å². The van der Waals surface area contributed by atoms with Crippen LogP contribution in [0.25, 0.3) is 0 Å². The highest BCUT2D eigenvalue weighted by molar-refractivity contribution is 5.90. The van der Waals surface area contributed by atoms with Crippen molar-refractivity contribution >= 4 is 17.6 Å². The summed E-state index contributed by atoms with van der Waals surface area (Å²) in [4.78, 5) is 26.0. The number of nitrogens with one attached hydrogen (secondary N) is 2. The molecule has 0 saturated heterocycles. The van der Waals surface area contributed by atoms with Gasteiger partial charge in [0.25, 0.3) is 0 Å². The molecule has 1 heterocycles.